The van der Waals surface area contributed by atoms with Crippen molar-refractivity contribution in [2.75, 3.05) is 13.1 Å². The first kappa shape index (κ1) is 12.5. The predicted octanol–water partition coefficient (Wildman–Crippen LogP) is 3.15. The Labute approximate surface area is 112 Å². The molecule has 18 heavy (non-hydrogen) atoms. The van der Waals surface area contributed by atoms with Gasteiger partial charge in [0.1, 0.15) is 0 Å². The minimum absolute atomic E-state index is 0.417. The van der Waals surface area contributed by atoms with Crippen molar-refractivity contribution < 1.29 is 0 Å². The van der Waals surface area contributed by atoms with E-state index >= 15 is 0 Å². The van der Waals surface area contributed by atoms with Crippen molar-refractivity contribution >= 4 is 0 Å². The molecule has 2 fully saturated rings. The van der Waals surface area contributed by atoms with Crippen molar-refractivity contribution in [3.05, 3.63) is 11.8 Å². The lowest BCUT2D eigenvalue weighted by molar-refractivity contribution is 0.0860. The summed E-state index contributed by atoms with van der Waals surface area (Å²) in [5.41, 5.74) is 2.54. The fourth-order valence-electron chi connectivity index (χ4n) is 3.81. The van der Waals surface area contributed by atoms with Crippen molar-refractivity contribution in [1.82, 2.24) is 10.2 Å². The largest absolute Gasteiger partial charge is 0.369 e. The molecule has 2 heteroatoms. The van der Waals surface area contributed by atoms with Crippen LogP contribution in [0.5, 0.6) is 0 Å². The maximum atomic E-state index is 3.60. The molecular formula is C16H28N2. The standard InChI is InChI=1S/C16H28N2/c1-15(2,3)16(4)7-5-13(6-8-16)18-11-12-9-14(18)10-17-12/h5,12,14,17H,6-11H2,1-4H3/t12-,14-,16?/m1/s1. The fraction of sp³-hybridized carbons (Fsp3) is 0.875. The molecule has 0 amide bonds. The van der Waals surface area contributed by atoms with Gasteiger partial charge >= 0.3 is 0 Å². The average Bonchev–Trinajstić information content (AvgIpc) is 2.90. The van der Waals surface area contributed by atoms with Gasteiger partial charge in [-0.2, -0.15) is 0 Å². The molecular weight excluding hydrogens is 220 g/mol. The second-order valence-electron chi connectivity index (χ2n) is 7.86. The monoisotopic (exact) mass is 248 g/mol. The minimum atomic E-state index is 0.417. The minimum Gasteiger partial charge on any atom is -0.369 e. The fourth-order valence-corrected chi connectivity index (χ4v) is 3.81. The van der Waals surface area contributed by atoms with Gasteiger partial charge in [-0.25, -0.2) is 0 Å². The molecule has 0 aromatic rings. The first-order valence-electron chi connectivity index (χ1n) is 7.58. The summed E-state index contributed by atoms with van der Waals surface area (Å²) < 4.78 is 0. The average molecular weight is 248 g/mol. The van der Waals surface area contributed by atoms with E-state index in [0.717, 1.165) is 12.1 Å². The van der Waals surface area contributed by atoms with E-state index in [1.165, 1.54) is 38.8 Å². The van der Waals surface area contributed by atoms with Gasteiger partial charge in [0.2, 0.25) is 0 Å². The zero-order valence-electron chi connectivity index (χ0n) is 12.4. The third kappa shape index (κ3) is 1.89. The number of nitrogens with one attached hydrogen (secondary N) is 1. The first-order valence-corrected chi connectivity index (χ1v) is 7.58. The Morgan fingerprint density at radius 2 is 2.17 bits per heavy atom. The lowest BCUT2D eigenvalue weighted by Crippen LogP contribution is -2.44. The van der Waals surface area contributed by atoms with Crippen molar-refractivity contribution in [3.63, 3.8) is 0 Å². The number of hydrogen-bond donors (Lipinski definition) is 1. The van der Waals surface area contributed by atoms with Gasteiger partial charge in [-0.3, -0.25) is 0 Å². The van der Waals surface area contributed by atoms with Gasteiger partial charge in [0.25, 0.3) is 0 Å². The maximum absolute atomic E-state index is 3.60. The van der Waals surface area contributed by atoms with Crippen LogP contribution in [0.15, 0.2) is 11.8 Å². The Morgan fingerprint density at radius 1 is 1.39 bits per heavy atom. The van der Waals surface area contributed by atoms with E-state index in [2.05, 4.69) is 44.0 Å². The van der Waals surface area contributed by atoms with Crippen molar-refractivity contribution in [3.8, 4) is 0 Å². The Kier molecular flexibility index (Phi) is 2.78. The number of rotatable bonds is 1. The summed E-state index contributed by atoms with van der Waals surface area (Å²) in [7, 11) is 0. The highest BCUT2D eigenvalue weighted by Gasteiger charge is 2.42. The van der Waals surface area contributed by atoms with Crippen LogP contribution in [0.1, 0.15) is 53.4 Å². The van der Waals surface area contributed by atoms with Gasteiger partial charge < -0.3 is 10.2 Å². The van der Waals surface area contributed by atoms with Gasteiger partial charge in [-0.1, -0.05) is 33.8 Å². The Balaban J connectivity index is 1.71. The summed E-state index contributed by atoms with van der Waals surface area (Å²) in [5, 5.41) is 3.60. The quantitative estimate of drug-likeness (QED) is 0.767. The molecule has 2 aliphatic heterocycles. The third-order valence-electron chi connectivity index (χ3n) is 5.96. The van der Waals surface area contributed by atoms with E-state index in [4.69, 9.17) is 0 Å². The molecule has 2 nitrogen and oxygen atoms in total. The van der Waals surface area contributed by atoms with Gasteiger partial charge in [0, 0.05) is 30.9 Å². The van der Waals surface area contributed by atoms with Gasteiger partial charge in [0.05, 0.1) is 0 Å². The van der Waals surface area contributed by atoms with Crippen LogP contribution < -0.4 is 5.32 Å². The van der Waals surface area contributed by atoms with Crippen LogP contribution in [0.4, 0.5) is 0 Å². The number of hydrogen-bond acceptors (Lipinski definition) is 2. The number of fused-ring (bicyclic) bond motifs is 2. The van der Waals surface area contributed by atoms with E-state index in [9.17, 15) is 0 Å². The van der Waals surface area contributed by atoms with Crippen molar-refractivity contribution in [1.29, 1.82) is 0 Å². The van der Waals surface area contributed by atoms with E-state index in [1.807, 2.05) is 0 Å². The smallest absolute Gasteiger partial charge is 0.0427 e. The predicted molar refractivity (Wildman–Crippen MR) is 76.4 cm³/mol. The van der Waals surface area contributed by atoms with Gasteiger partial charge in [-0.05, 0) is 36.5 Å². The zero-order valence-corrected chi connectivity index (χ0v) is 12.4. The Bertz CT molecular complexity index is 366. The second-order valence-corrected chi connectivity index (χ2v) is 7.86. The summed E-state index contributed by atoms with van der Waals surface area (Å²) in [6.45, 7) is 12.1. The topological polar surface area (TPSA) is 15.3 Å². The highest BCUT2D eigenvalue weighted by molar-refractivity contribution is 5.15. The molecule has 0 aromatic heterocycles. The molecule has 1 aliphatic carbocycles. The van der Waals surface area contributed by atoms with Gasteiger partial charge in [0.15, 0.2) is 0 Å². The molecule has 2 saturated heterocycles. The molecule has 0 spiro atoms. The number of allylic oxidation sites excluding steroid dienone is 2. The van der Waals surface area contributed by atoms with Crippen LogP contribution in [0.25, 0.3) is 0 Å². The molecule has 0 saturated carbocycles. The van der Waals surface area contributed by atoms with Crippen LogP contribution in [0.2, 0.25) is 0 Å². The Hall–Kier alpha value is -0.500. The van der Waals surface area contributed by atoms with Crippen LogP contribution >= 0.6 is 0 Å². The van der Waals surface area contributed by atoms with Crippen LogP contribution in [0.3, 0.4) is 0 Å². The first-order chi connectivity index (χ1) is 8.39. The molecule has 3 atom stereocenters. The molecule has 102 valence electrons. The van der Waals surface area contributed by atoms with Crippen molar-refractivity contribution in [2.45, 2.75) is 65.5 Å². The zero-order chi connectivity index (χ0) is 13.0. The van der Waals surface area contributed by atoms with Gasteiger partial charge in [-0.15, -0.1) is 0 Å². The lowest BCUT2D eigenvalue weighted by atomic mass is 9.62. The molecule has 3 aliphatic rings. The number of likely N-dealkylation sites (tertiary alicyclic amines) is 1. The van der Waals surface area contributed by atoms with E-state index in [1.54, 1.807) is 5.70 Å². The highest BCUT2D eigenvalue weighted by Crippen LogP contribution is 2.49. The van der Waals surface area contributed by atoms with Crippen LogP contribution in [0, 0.1) is 10.8 Å². The molecule has 1 N–H and O–H groups in total. The normalized spacial score (nSPS) is 40.2. The summed E-state index contributed by atoms with van der Waals surface area (Å²) in [6.07, 6.45) is 7.82. The SMILES string of the molecule is CC(C)(C)C1(C)CC=C(N2C[C@H]3C[C@@H]2CN3)CC1. The number of nitrogens with zero attached hydrogens (tertiary/aromatic N) is 1. The number of piperazine rings is 1. The Morgan fingerprint density at radius 3 is 2.61 bits per heavy atom. The maximum Gasteiger partial charge on any atom is 0.0427 e. The summed E-state index contributed by atoms with van der Waals surface area (Å²) in [6, 6.07) is 1.56. The van der Waals surface area contributed by atoms with Crippen molar-refractivity contribution in [2.24, 2.45) is 10.8 Å². The van der Waals surface area contributed by atoms with E-state index < -0.39 is 0 Å². The molecule has 0 aromatic carbocycles. The highest BCUT2D eigenvalue weighted by atomic mass is 15.3. The summed E-state index contributed by atoms with van der Waals surface area (Å²) in [5.74, 6) is 0. The molecule has 0 radical (unpaired) electrons. The summed E-state index contributed by atoms with van der Waals surface area (Å²) in [4.78, 5) is 2.70. The van der Waals surface area contributed by atoms with Crippen LogP contribution in [-0.2, 0) is 0 Å². The second kappa shape index (κ2) is 4.00. The third-order valence-corrected chi connectivity index (χ3v) is 5.96. The molecule has 3 rings (SSSR count). The molecule has 2 heterocycles. The van der Waals surface area contributed by atoms with E-state index in [-0.39, 0.29) is 0 Å². The van der Waals surface area contributed by atoms with Crippen LogP contribution in [-0.4, -0.2) is 30.1 Å². The van der Waals surface area contributed by atoms with E-state index in [0.29, 0.717) is 10.8 Å². The molecule has 2 bridgehead atoms. The lowest BCUT2D eigenvalue weighted by Gasteiger charge is -2.46. The summed E-state index contributed by atoms with van der Waals surface area (Å²) >= 11 is 0. The molecule has 1 unspecified atom stereocenters.